The Hall–Kier alpha value is -1.08. The summed E-state index contributed by atoms with van der Waals surface area (Å²) >= 11 is 6.30. The van der Waals surface area contributed by atoms with Crippen molar-refractivity contribution >= 4 is 11.6 Å². The smallest absolute Gasteiger partial charge is 0.0992 e. The van der Waals surface area contributed by atoms with Crippen molar-refractivity contribution in [3.8, 4) is 6.07 Å². The molecule has 0 bridgehead atoms. The van der Waals surface area contributed by atoms with E-state index in [0.717, 1.165) is 37.9 Å². The average Bonchev–Trinajstić information content (AvgIpc) is 3.09. The number of nitrogens with zero attached hydrogens (tertiary/aromatic N) is 2. The van der Waals surface area contributed by atoms with Crippen LogP contribution in [-0.4, -0.2) is 28.7 Å². The molecule has 2 aliphatic rings. The molecular formula is C17H21ClN2O. The van der Waals surface area contributed by atoms with Crippen molar-refractivity contribution in [2.45, 2.75) is 50.8 Å². The van der Waals surface area contributed by atoms with E-state index in [1.165, 1.54) is 12.8 Å². The van der Waals surface area contributed by atoms with Gasteiger partial charge in [0.05, 0.1) is 17.7 Å². The van der Waals surface area contributed by atoms with Crippen molar-refractivity contribution in [2.75, 3.05) is 6.54 Å². The van der Waals surface area contributed by atoms with Crippen molar-refractivity contribution in [1.82, 2.24) is 4.90 Å². The molecule has 0 radical (unpaired) electrons. The predicted octanol–water partition coefficient (Wildman–Crippen LogP) is 3.34. The van der Waals surface area contributed by atoms with Gasteiger partial charge in [-0.15, -0.1) is 0 Å². The Morgan fingerprint density at radius 1 is 1.29 bits per heavy atom. The van der Waals surface area contributed by atoms with Crippen molar-refractivity contribution < 1.29 is 5.11 Å². The number of benzene rings is 1. The lowest BCUT2D eigenvalue weighted by Gasteiger charge is -2.31. The summed E-state index contributed by atoms with van der Waals surface area (Å²) in [6.45, 7) is 1.89. The third-order valence-corrected chi connectivity index (χ3v) is 5.35. The van der Waals surface area contributed by atoms with Crippen molar-refractivity contribution in [3.05, 3.63) is 34.3 Å². The summed E-state index contributed by atoms with van der Waals surface area (Å²) in [7, 11) is 0. The molecule has 1 saturated carbocycles. The molecule has 1 aliphatic heterocycles. The molecule has 0 aromatic heterocycles. The molecule has 3 rings (SSSR count). The van der Waals surface area contributed by atoms with Crippen LogP contribution in [0, 0.1) is 17.2 Å². The zero-order chi connectivity index (χ0) is 14.8. The number of hydrogen-bond donors (Lipinski definition) is 1. The van der Waals surface area contributed by atoms with Crippen LogP contribution in [-0.2, 0) is 6.54 Å². The minimum Gasteiger partial charge on any atom is -0.393 e. The van der Waals surface area contributed by atoms with Gasteiger partial charge in [-0.1, -0.05) is 24.1 Å². The van der Waals surface area contributed by atoms with Crippen LogP contribution in [0.25, 0.3) is 0 Å². The standard InChI is InChI=1S/C17H21ClN2O/c18-15-9-12(10-19)6-7-13(15)11-20-8-2-4-16(20)14-3-1-5-17(14)21/h6-7,9,14,16-17,21H,1-5,8,11H2. The van der Waals surface area contributed by atoms with Crippen LogP contribution in [0.3, 0.4) is 0 Å². The minimum absolute atomic E-state index is 0.132. The second-order valence-electron chi connectivity index (χ2n) is 6.26. The maximum absolute atomic E-state index is 10.2. The lowest BCUT2D eigenvalue weighted by Crippen LogP contribution is -2.38. The van der Waals surface area contributed by atoms with Crippen LogP contribution < -0.4 is 0 Å². The molecule has 1 aliphatic carbocycles. The third-order valence-electron chi connectivity index (χ3n) is 5.00. The summed E-state index contributed by atoms with van der Waals surface area (Å²) in [6.07, 6.45) is 5.48. The highest BCUT2D eigenvalue weighted by molar-refractivity contribution is 6.31. The van der Waals surface area contributed by atoms with Gasteiger partial charge in [0.25, 0.3) is 0 Å². The molecule has 4 heteroatoms. The summed E-state index contributed by atoms with van der Waals surface area (Å²) in [5, 5.41) is 19.7. The zero-order valence-electron chi connectivity index (χ0n) is 12.1. The van der Waals surface area contributed by atoms with Crippen LogP contribution in [0.2, 0.25) is 5.02 Å². The van der Waals surface area contributed by atoms with Crippen LogP contribution in [0.1, 0.15) is 43.2 Å². The third kappa shape index (κ3) is 3.08. The normalized spacial score (nSPS) is 29.7. The quantitative estimate of drug-likeness (QED) is 0.931. The Morgan fingerprint density at radius 3 is 2.81 bits per heavy atom. The highest BCUT2D eigenvalue weighted by atomic mass is 35.5. The Balaban J connectivity index is 1.73. The molecule has 3 nitrogen and oxygen atoms in total. The number of aliphatic hydroxyl groups is 1. The topological polar surface area (TPSA) is 47.3 Å². The number of aliphatic hydroxyl groups excluding tert-OH is 1. The molecular weight excluding hydrogens is 284 g/mol. The maximum Gasteiger partial charge on any atom is 0.0992 e. The number of likely N-dealkylation sites (tertiary alicyclic amines) is 1. The summed E-state index contributed by atoms with van der Waals surface area (Å²) < 4.78 is 0. The van der Waals surface area contributed by atoms with Crippen molar-refractivity contribution in [1.29, 1.82) is 5.26 Å². The van der Waals surface area contributed by atoms with Gasteiger partial charge in [0, 0.05) is 23.5 Å². The first-order valence-electron chi connectivity index (χ1n) is 7.79. The van der Waals surface area contributed by atoms with E-state index in [-0.39, 0.29) is 6.10 Å². The van der Waals surface area contributed by atoms with Gasteiger partial charge in [-0.05, 0) is 49.9 Å². The molecule has 21 heavy (non-hydrogen) atoms. The molecule has 1 aromatic rings. The summed E-state index contributed by atoms with van der Waals surface area (Å²) in [5.41, 5.74) is 1.68. The lowest BCUT2D eigenvalue weighted by molar-refractivity contribution is 0.0719. The predicted molar refractivity (Wildman–Crippen MR) is 82.9 cm³/mol. The maximum atomic E-state index is 10.2. The van der Waals surface area contributed by atoms with E-state index in [2.05, 4.69) is 11.0 Å². The first-order valence-corrected chi connectivity index (χ1v) is 8.17. The fourth-order valence-corrected chi connectivity index (χ4v) is 4.16. The Bertz CT molecular complexity index is 554. The average molecular weight is 305 g/mol. The van der Waals surface area contributed by atoms with E-state index in [0.29, 0.717) is 22.5 Å². The van der Waals surface area contributed by atoms with Gasteiger partial charge in [-0.3, -0.25) is 4.90 Å². The van der Waals surface area contributed by atoms with Gasteiger partial charge >= 0.3 is 0 Å². The fraction of sp³-hybridized carbons (Fsp3) is 0.588. The van der Waals surface area contributed by atoms with Gasteiger partial charge in [-0.25, -0.2) is 0 Å². The SMILES string of the molecule is N#Cc1ccc(CN2CCCC2C2CCCC2O)c(Cl)c1. The largest absolute Gasteiger partial charge is 0.393 e. The number of halogens is 1. The molecule has 3 unspecified atom stereocenters. The van der Waals surface area contributed by atoms with E-state index >= 15 is 0 Å². The van der Waals surface area contributed by atoms with Gasteiger partial charge in [0.2, 0.25) is 0 Å². The van der Waals surface area contributed by atoms with Crippen molar-refractivity contribution in [2.24, 2.45) is 5.92 Å². The Kier molecular flexibility index (Phi) is 4.49. The van der Waals surface area contributed by atoms with Crippen LogP contribution in [0.4, 0.5) is 0 Å². The molecule has 0 spiro atoms. The summed E-state index contributed by atoms with van der Waals surface area (Å²) in [5.74, 6) is 0.421. The molecule has 1 saturated heterocycles. The minimum atomic E-state index is -0.132. The second-order valence-corrected chi connectivity index (χ2v) is 6.67. The highest BCUT2D eigenvalue weighted by Crippen LogP contribution is 2.36. The van der Waals surface area contributed by atoms with Crippen molar-refractivity contribution in [3.63, 3.8) is 0 Å². The van der Waals surface area contributed by atoms with E-state index in [1.54, 1.807) is 6.07 Å². The van der Waals surface area contributed by atoms with Gasteiger partial charge in [0.1, 0.15) is 0 Å². The first-order chi connectivity index (χ1) is 10.2. The molecule has 1 heterocycles. The van der Waals surface area contributed by atoms with Gasteiger partial charge < -0.3 is 5.11 Å². The van der Waals surface area contributed by atoms with Crippen LogP contribution in [0.5, 0.6) is 0 Å². The van der Waals surface area contributed by atoms with E-state index in [4.69, 9.17) is 16.9 Å². The molecule has 3 atom stereocenters. The number of rotatable bonds is 3. The molecule has 1 aromatic carbocycles. The fourth-order valence-electron chi connectivity index (χ4n) is 3.91. The van der Waals surface area contributed by atoms with E-state index in [9.17, 15) is 5.11 Å². The highest BCUT2D eigenvalue weighted by Gasteiger charge is 2.38. The first kappa shape index (κ1) is 14.8. The zero-order valence-corrected chi connectivity index (χ0v) is 12.9. The summed E-state index contributed by atoms with van der Waals surface area (Å²) in [4.78, 5) is 2.46. The lowest BCUT2D eigenvalue weighted by atomic mass is 9.94. The molecule has 0 amide bonds. The Labute approximate surface area is 131 Å². The molecule has 2 fully saturated rings. The van der Waals surface area contributed by atoms with Gasteiger partial charge in [-0.2, -0.15) is 5.26 Å². The molecule has 112 valence electrons. The van der Waals surface area contributed by atoms with Crippen LogP contribution in [0.15, 0.2) is 18.2 Å². The Morgan fingerprint density at radius 2 is 2.14 bits per heavy atom. The summed E-state index contributed by atoms with van der Waals surface area (Å²) in [6, 6.07) is 8.13. The van der Waals surface area contributed by atoms with Gasteiger partial charge in [0.15, 0.2) is 0 Å². The monoisotopic (exact) mass is 304 g/mol. The number of hydrogen-bond acceptors (Lipinski definition) is 3. The molecule has 1 N–H and O–H groups in total. The second kappa shape index (κ2) is 6.36. The van der Waals surface area contributed by atoms with E-state index < -0.39 is 0 Å². The van der Waals surface area contributed by atoms with E-state index in [1.807, 2.05) is 12.1 Å². The number of nitriles is 1. The van der Waals surface area contributed by atoms with Crippen LogP contribution >= 0.6 is 11.6 Å².